The van der Waals surface area contributed by atoms with Crippen LogP contribution in [0.25, 0.3) is 0 Å². The van der Waals surface area contributed by atoms with Gasteiger partial charge in [-0.2, -0.15) is 12.8 Å². The van der Waals surface area contributed by atoms with Crippen LogP contribution in [0.4, 0.5) is 0 Å². The Hall–Kier alpha value is 0.434. The first-order chi connectivity index (χ1) is 23.7. The van der Waals surface area contributed by atoms with Crippen LogP contribution in [-0.2, 0) is 23.7 Å². The van der Waals surface area contributed by atoms with E-state index < -0.39 is 0 Å². The summed E-state index contributed by atoms with van der Waals surface area (Å²) in [7, 11) is 0. The Morgan fingerprint density at radius 1 is 0.292 bits per heavy atom. The molecule has 0 radical (unpaired) electrons. The second-order valence-corrected chi connectivity index (χ2v) is 13.8. The molecule has 3 nitrogen and oxygen atoms in total. The molecular formula is C44H94O3Ti. The number of unbranched alkanes of at least 4 members (excludes halogenated alkanes) is 32. The van der Waals surface area contributed by atoms with Crippen LogP contribution in [0, 0.1) is 13.8 Å². The summed E-state index contributed by atoms with van der Waals surface area (Å²) in [6.07, 6.45) is 48.9. The fourth-order valence-corrected chi connectivity index (χ4v) is 5.32. The molecule has 0 fully saturated rings. The molecule has 0 unspecified atom stereocenters. The summed E-state index contributed by atoms with van der Waals surface area (Å²) >= 11 is 0.750. The minimum atomic E-state index is 0.373. The second kappa shape index (κ2) is 69.2. The number of aliphatic hydroxyl groups is 2. The third-order valence-corrected chi connectivity index (χ3v) is 8.73. The Morgan fingerprint density at radius 3 is 0.521 bits per heavy atom. The van der Waals surface area contributed by atoms with Crippen LogP contribution < -0.4 is 0 Å². The maximum atomic E-state index is 8.67. The molecule has 0 bridgehead atoms. The van der Waals surface area contributed by atoms with E-state index in [0.717, 1.165) is 46.1 Å². The van der Waals surface area contributed by atoms with E-state index >= 15 is 0 Å². The first-order valence-corrected chi connectivity index (χ1v) is 22.3. The topological polar surface area (TPSA) is 57.5 Å². The molecule has 0 aliphatic rings. The van der Waals surface area contributed by atoms with E-state index in [4.69, 9.17) is 13.5 Å². The van der Waals surface area contributed by atoms with Crippen molar-refractivity contribution in [2.75, 3.05) is 13.2 Å². The zero-order valence-corrected chi connectivity index (χ0v) is 35.6. The van der Waals surface area contributed by atoms with Gasteiger partial charge in [0.1, 0.15) is 0 Å². The van der Waals surface area contributed by atoms with Crippen LogP contribution in [-0.4, -0.2) is 23.4 Å². The van der Waals surface area contributed by atoms with Gasteiger partial charge in [0.05, 0.1) is 0 Å². The van der Waals surface area contributed by atoms with Crippen molar-refractivity contribution in [1.29, 1.82) is 0 Å². The molecule has 0 aliphatic carbocycles. The fourth-order valence-electron chi connectivity index (χ4n) is 5.32. The van der Waals surface area contributed by atoms with Crippen LogP contribution in [0.3, 0.4) is 0 Å². The molecule has 4 heteroatoms. The van der Waals surface area contributed by atoms with Gasteiger partial charge in [0.25, 0.3) is 0 Å². The van der Waals surface area contributed by atoms with Gasteiger partial charge in [0, 0.05) is 13.2 Å². The zero-order valence-electron chi connectivity index (χ0n) is 34.1. The molecule has 0 aliphatic heterocycles. The molecule has 292 valence electrons. The van der Waals surface area contributed by atoms with Crippen molar-refractivity contribution in [3.8, 4) is 0 Å². The Labute approximate surface area is 318 Å². The van der Waals surface area contributed by atoms with E-state index in [9.17, 15) is 0 Å². The quantitative estimate of drug-likeness (QED) is 0.0396. The molecule has 0 heterocycles. The van der Waals surface area contributed by atoms with Crippen molar-refractivity contribution >= 4 is 0 Å². The molecule has 0 aromatic heterocycles. The molecule has 0 atom stereocenters. The van der Waals surface area contributed by atoms with E-state index in [-0.39, 0.29) is 0 Å². The van der Waals surface area contributed by atoms with Gasteiger partial charge < -0.3 is 24.1 Å². The number of hydrogen-bond acceptors (Lipinski definition) is 3. The summed E-state index contributed by atoms with van der Waals surface area (Å²) in [5, 5.41) is 17.3. The van der Waals surface area contributed by atoms with E-state index in [1.165, 1.54) is 205 Å². The van der Waals surface area contributed by atoms with Crippen LogP contribution in [0.5, 0.6) is 0 Å². The molecule has 0 amide bonds. The van der Waals surface area contributed by atoms with Crippen molar-refractivity contribution in [2.24, 2.45) is 0 Å². The summed E-state index contributed by atoms with van der Waals surface area (Å²) in [5.41, 5.74) is 0. The van der Waals surface area contributed by atoms with Crippen molar-refractivity contribution in [1.82, 2.24) is 0 Å². The van der Waals surface area contributed by atoms with E-state index in [0.29, 0.717) is 13.2 Å². The average Bonchev–Trinajstić information content (AvgIpc) is 3.13. The zero-order chi connectivity index (χ0) is 36.9. The average molecular weight is 719 g/mol. The summed E-state index contributed by atoms with van der Waals surface area (Å²) in [6.45, 7) is 16.8. The monoisotopic (exact) mass is 719 g/mol. The van der Waals surface area contributed by atoms with Gasteiger partial charge in [-0.1, -0.05) is 233 Å². The number of rotatable bonds is 34. The predicted octanol–water partition coefficient (Wildman–Crippen LogP) is 15.6. The molecule has 0 rings (SSSR count). The molecule has 2 N–H and O–H groups in total. The summed E-state index contributed by atoms with van der Waals surface area (Å²) < 4.78 is 8.25. The second-order valence-electron chi connectivity index (χ2n) is 13.8. The Balaban J connectivity index is -0.000000201. The van der Waals surface area contributed by atoms with Gasteiger partial charge in [0.15, 0.2) is 0 Å². The molecule has 0 saturated heterocycles. The fraction of sp³-hybridized carbons (Fsp3) is 0.955. The predicted molar refractivity (Wildman–Crippen MR) is 214 cm³/mol. The van der Waals surface area contributed by atoms with Gasteiger partial charge in [-0.25, -0.2) is 0 Å². The Morgan fingerprint density at radius 2 is 0.417 bits per heavy atom. The van der Waals surface area contributed by atoms with Crippen LogP contribution in [0.15, 0.2) is 0 Å². The van der Waals surface area contributed by atoms with Crippen molar-refractivity contribution in [3.63, 3.8) is 0 Å². The van der Waals surface area contributed by atoms with Gasteiger partial charge >= 0.3 is 23.7 Å². The van der Waals surface area contributed by atoms with E-state index in [1.807, 2.05) is 0 Å². The standard InChI is InChI=1S/2C18H38O.2C4H9.O.Ti/c2*1-2-3-4-5-6-7-8-9-10-11-12-13-14-15-16-17-18-19;2*1-3-4-2;;/h2*19H,2-18H2,1H3;2*1,3-4H2,2H3;;/q;;2*-1;;+2. The van der Waals surface area contributed by atoms with Crippen molar-refractivity contribution in [2.45, 2.75) is 259 Å². The van der Waals surface area contributed by atoms with Gasteiger partial charge in [-0.05, 0) is 12.8 Å². The van der Waals surface area contributed by atoms with Crippen molar-refractivity contribution in [3.05, 3.63) is 13.8 Å². The SMILES string of the molecule is CCCCCCCCCCCCCCCCCCO.CCCCCCCCCCCCCCCCCCO.[CH2-]CCC.[CH2-]CCC.[O]=[Ti+2]. The molecule has 0 aromatic carbocycles. The summed E-state index contributed by atoms with van der Waals surface area (Å²) in [6, 6.07) is 0. The summed E-state index contributed by atoms with van der Waals surface area (Å²) in [5.74, 6) is 0. The van der Waals surface area contributed by atoms with Gasteiger partial charge in [-0.3, -0.25) is 0 Å². The maximum absolute atomic E-state index is 8.67. The molecule has 0 aromatic rings. The van der Waals surface area contributed by atoms with Crippen LogP contribution >= 0.6 is 0 Å². The van der Waals surface area contributed by atoms with Crippen molar-refractivity contribution < 1.29 is 33.9 Å². The molecule has 0 saturated carbocycles. The van der Waals surface area contributed by atoms with Crippen LogP contribution in [0.2, 0.25) is 0 Å². The van der Waals surface area contributed by atoms with Crippen LogP contribution in [0.1, 0.15) is 259 Å². The van der Waals surface area contributed by atoms with E-state index in [1.54, 1.807) is 0 Å². The molecular weight excluding hydrogens is 624 g/mol. The normalized spacial score (nSPS) is 10.1. The van der Waals surface area contributed by atoms with E-state index in [2.05, 4.69) is 41.5 Å². The summed E-state index contributed by atoms with van der Waals surface area (Å²) in [4.78, 5) is 0. The number of aliphatic hydroxyl groups excluding tert-OH is 2. The third kappa shape index (κ3) is 80.8. The minimum absolute atomic E-state index is 0.373. The molecule has 48 heavy (non-hydrogen) atoms. The third-order valence-electron chi connectivity index (χ3n) is 8.73. The number of hydrogen-bond donors (Lipinski definition) is 2. The van der Waals surface area contributed by atoms with Gasteiger partial charge in [-0.15, -0.1) is 0 Å². The van der Waals surface area contributed by atoms with Gasteiger partial charge in [0.2, 0.25) is 0 Å². The first-order valence-electron chi connectivity index (χ1n) is 21.7. The first kappa shape index (κ1) is 57.8. The molecule has 0 spiro atoms. The Bertz CT molecular complexity index is 361. The Kier molecular flexibility index (Phi) is 83.3.